The molecule has 0 saturated heterocycles. The summed E-state index contributed by atoms with van der Waals surface area (Å²) < 4.78 is 16.6. The summed E-state index contributed by atoms with van der Waals surface area (Å²) in [6.45, 7) is 1.89. The Hall–Kier alpha value is -1.87. The Bertz CT molecular complexity index is 824. The van der Waals surface area contributed by atoms with E-state index in [0.29, 0.717) is 5.15 Å². The molecule has 4 heteroatoms. The summed E-state index contributed by atoms with van der Waals surface area (Å²) >= 11 is 6.01. The highest BCUT2D eigenvalue weighted by atomic mass is 35.5. The van der Waals surface area contributed by atoms with Gasteiger partial charge in [-0.05, 0) is 23.8 Å². The van der Waals surface area contributed by atoms with Crippen LogP contribution in [0.5, 0.6) is 0 Å². The predicted molar refractivity (Wildman–Crippen MR) is 78.7 cm³/mol. The Morgan fingerprint density at radius 3 is 2.90 bits per heavy atom. The Balaban J connectivity index is 2.13. The molecule has 2 atom stereocenters. The van der Waals surface area contributed by atoms with Gasteiger partial charge in [-0.15, -0.1) is 0 Å². The van der Waals surface area contributed by atoms with Crippen molar-refractivity contribution in [1.29, 1.82) is 0 Å². The maximum absolute atomic E-state index is 14.8. The van der Waals surface area contributed by atoms with Gasteiger partial charge in [-0.25, -0.2) is 9.37 Å². The molecular formula is C16H12ClFN2. The number of hydrogen-bond acceptors (Lipinski definition) is 1. The van der Waals surface area contributed by atoms with Crippen molar-refractivity contribution < 1.29 is 4.39 Å². The van der Waals surface area contributed by atoms with E-state index in [2.05, 4.69) is 4.98 Å². The first-order chi connectivity index (χ1) is 9.66. The Morgan fingerprint density at radius 2 is 2.05 bits per heavy atom. The highest BCUT2D eigenvalue weighted by Gasteiger charge is 2.32. The molecule has 0 N–H and O–H groups in total. The maximum Gasteiger partial charge on any atom is 0.183 e. The summed E-state index contributed by atoms with van der Waals surface area (Å²) in [5.74, 6) is -0.238. The Kier molecular flexibility index (Phi) is 2.42. The van der Waals surface area contributed by atoms with Gasteiger partial charge in [0.1, 0.15) is 5.15 Å². The van der Waals surface area contributed by atoms with Crippen molar-refractivity contribution >= 4 is 22.5 Å². The molecule has 4 rings (SSSR count). The number of alkyl halides is 1. The first-order valence-corrected chi connectivity index (χ1v) is 6.94. The molecule has 0 aliphatic carbocycles. The number of nitrogens with zero attached hydrogens (tertiary/aromatic N) is 2. The summed E-state index contributed by atoms with van der Waals surface area (Å²) in [6.07, 6.45) is 0.608. The van der Waals surface area contributed by atoms with Crippen LogP contribution in [0.2, 0.25) is 5.15 Å². The van der Waals surface area contributed by atoms with Crippen molar-refractivity contribution in [2.45, 2.75) is 19.1 Å². The van der Waals surface area contributed by atoms with Gasteiger partial charge in [0.05, 0.1) is 11.2 Å². The van der Waals surface area contributed by atoms with Gasteiger partial charge < -0.3 is 4.57 Å². The average Bonchev–Trinajstić information content (AvgIpc) is 2.84. The second-order valence-corrected chi connectivity index (χ2v) is 5.60. The molecule has 0 amide bonds. The number of hydrogen-bond donors (Lipinski definition) is 0. The van der Waals surface area contributed by atoms with Crippen LogP contribution in [0.4, 0.5) is 4.39 Å². The van der Waals surface area contributed by atoms with E-state index in [0.717, 1.165) is 27.7 Å². The molecule has 0 radical (unpaired) electrons. The minimum Gasteiger partial charge on any atom is -0.309 e. The molecule has 100 valence electrons. The Labute approximate surface area is 120 Å². The second kappa shape index (κ2) is 4.06. The van der Waals surface area contributed by atoms with Crippen molar-refractivity contribution in [3.8, 4) is 11.3 Å². The van der Waals surface area contributed by atoms with Crippen LogP contribution < -0.4 is 0 Å². The van der Waals surface area contributed by atoms with Gasteiger partial charge in [0, 0.05) is 23.1 Å². The zero-order chi connectivity index (χ0) is 13.9. The summed E-state index contributed by atoms with van der Waals surface area (Å²) in [4.78, 5) is 4.09. The van der Waals surface area contributed by atoms with E-state index in [-0.39, 0.29) is 5.92 Å². The zero-order valence-electron chi connectivity index (χ0n) is 10.8. The van der Waals surface area contributed by atoms with E-state index in [1.165, 1.54) is 0 Å². The minimum absolute atomic E-state index is 0.238. The lowest BCUT2D eigenvalue weighted by atomic mass is 9.91. The third-order valence-electron chi connectivity index (χ3n) is 4.08. The van der Waals surface area contributed by atoms with E-state index in [1.54, 1.807) is 10.8 Å². The number of aromatic nitrogens is 2. The lowest BCUT2D eigenvalue weighted by molar-refractivity contribution is 0.207. The van der Waals surface area contributed by atoms with Gasteiger partial charge >= 0.3 is 0 Å². The number of pyridine rings is 1. The first-order valence-electron chi connectivity index (χ1n) is 6.56. The fraction of sp³-hybridized carbons (Fsp3) is 0.188. The highest BCUT2D eigenvalue weighted by molar-refractivity contribution is 6.29. The van der Waals surface area contributed by atoms with E-state index < -0.39 is 6.30 Å². The van der Waals surface area contributed by atoms with Crippen LogP contribution in [0.25, 0.3) is 22.2 Å². The lowest BCUT2D eigenvalue weighted by Gasteiger charge is -2.29. The van der Waals surface area contributed by atoms with E-state index in [4.69, 9.17) is 11.6 Å². The van der Waals surface area contributed by atoms with Crippen LogP contribution in [-0.2, 0) is 0 Å². The normalized spacial score (nSPS) is 20.8. The number of benzene rings is 1. The molecule has 2 unspecified atom stereocenters. The van der Waals surface area contributed by atoms with Crippen molar-refractivity contribution in [3.05, 3.63) is 53.3 Å². The summed E-state index contributed by atoms with van der Waals surface area (Å²) in [5, 5.41) is 1.48. The van der Waals surface area contributed by atoms with Gasteiger partial charge in [0.15, 0.2) is 6.30 Å². The Morgan fingerprint density at radius 1 is 1.25 bits per heavy atom. The standard InChI is InChI=1S/C16H12ClFN2/c1-9-12-8-19-15(17)7-11(12)14-6-10-4-2-3-5-13(10)20(14)16(9)18/h2-9,16H,1H3. The SMILES string of the molecule is CC1c2cnc(Cl)cc2-c2cc3ccccc3n2C1F. The minimum atomic E-state index is -1.08. The molecule has 3 aromatic rings. The molecule has 0 fully saturated rings. The van der Waals surface area contributed by atoms with Crippen molar-refractivity contribution in [3.63, 3.8) is 0 Å². The molecule has 1 aromatic carbocycles. The molecule has 0 saturated carbocycles. The summed E-state index contributed by atoms with van der Waals surface area (Å²) in [6, 6.07) is 11.7. The topological polar surface area (TPSA) is 17.8 Å². The van der Waals surface area contributed by atoms with Crippen LogP contribution >= 0.6 is 11.6 Å². The highest BCUT2D eigenvalue weighted by Crippen LogP contribution is 2.46. The van der Waals surface area contributed by atoms with E-state index in [1.807, 2.05) is 43.3 Å². The first kappa shape index (κ1) is 11.9. The molecule has 3 heterocycles. The number of halogens is 2. The molecule has 20 heavy (non-hydrogen) atoms. The van der Waals surface area contributed by atoms with Crippen LogP contribution in [0, 0.1) is 0 Å². The molecule has 0 bridgehead atoms. The van der Waals surface area contributed by atoms with Gasteiger partial charge in [-0.1, -0.05) is 36.7 Å². The fourth-order valence-electron chi connectivity index (χ4n) is 3.05. The smallest absolute Gasteiger partial charge is 0.183 e. The van der Waals surface area contributed by atoms with Crippen LogP contribution in [-0.4, -0.2) is 9.55 Å². The largest absolute Gasteiger partial charge is 0.309 e. The monoisotopic (exact) mass is 286 g/mol. The molecule has 1 aliphatic rings. The third-order valence-corrected chi connectivity index (χ3v) is 4.28. The molecule has 2 aromatic heterocycles. The van der Waals surface area contributed by atoms with Gasteiger partial charge in [0.25, 0.3) is 0 Å². The molecular weight excluding hydrogens is 275 g/mol. The fourth-order valence-corrected chi connectivity index (χ4v) is 3.20. The number of para-hydroxylation sites is 1. The van der Waals surface area contributed by atoms with Gasteiger partial charge in [0.2, 0.25) is 0 Å². The van der Waals surface area contributed by atoms with Crippen LogP contribution in [0.15, 0.2) is 42.6 Å². The van der Waals surface area contributed by atoms with E-state index in [9.17, 15) is 4.39 Å². The van der Waals surface area contributed by atoms with Gasteiger partial charge in [-0.3, -0.25) is 0 Å². The summed E-state index contributed by atoms with van der Waals surface area (Å²) in [5.41, 5.74) is 3.68. The second-order valence-electron chi connectivity index (χ2n) is 5.21. The predicted octanol–water partition coefficient (Wildman–Crippen LogP) is 4.94. The van der Waals surface area contributed by atoms with Crippen LogP contribution in [0.1, 0.15) is 24.7 Å². The third kappa shape index (κ3) is 1.47. The maximum atomic E-state index is 14.8. The van der Waals surface area contributed by atoms with Crippen molar-refractivity contribution in [1.82, 2.24) is 9.55 Å². The summed E-state index contributed by atoms with van der Waals surface area (Å²) in [7, 11) is 0. The molecule has 1 aliphatic heterocycles. The van der Waals surface area contributed by atoms with Crippen LogP contribution in [0.3, 0.4) is 0 Å². The number of fused-ring (bicyclic) bond motifs is 5. The average molecular weight is 287 g/mol. The quantitative estimate of drug-likeness (QED) is 0.535. The number of rotatable bonds is 0. The molecule has 2 nitrogen and oxygen atoms in total. The zero-order valence-corrected chi connectivity index (χ0v) is 11.6. The van der Waals surface area contributed by atoms with Crippen molar-refractivity contribution in [2.75, 3.05) is 0 Å². The van der Waals surface area contributed by atoms with Gasteiger partial charge in [-0.2, -0.15) is 0 Å². The van der Waals surface area contributed by atoms with E-state index >= 15 is 0 Å². The molecule has 0 spiro atoms. The lowest BCUT2D eigenvalue weighted by Crippen LogP contribution is -2.18. The van der Waals surface area contributed by atoms with Crippen molar-refractivity contribution in [2.24, 2.45) is 0 Å².